The third-order valence-corrected chi connectivity index (χ3v) is 2.99. The number of hydrogen-bond donors (Lipinski definition) is 0. The van der Waals surface area contributed by atoms with E-state index in [-0.39, 0.29) is 0 Å². The number of halogens is 1. The molecule has 1 aromatic rings. The SMILES string of the molecule is Cc1cc(Cl)ccc1N1CCCC(=O)C1. The van der Waals surface area contributed by atoms with E-state index in [9.17, 15) is 4.79 Å². The molecule has 1 aliphatic rings. The van der Waals surface area contributed by atoms with Crippen molar-refractivity contribution in [1.29, 1.82) is 0 Å². The van der Waals surface area contributed by atoms with Gasteiger partial charge in [0.2, 0.25) is 0 Å². The molecule has 2 nitrogen and oxygen atoms in total. The minimum atomic E-state index is 0.329. The summed E-state index contributed by atoms with van der Waals surface area (Å²) < 4.78 is 0. The van der Waals surface area contributed by atoms with Gasteiger partial charge in [-0.25, -0.2) is 0 Å². The highest BCUT2D eigenvalue weighted by atomic mass is 35.5. The number of Topliss-reactive ketones (excluding diaryl/α,β-unsaturated/α-hetero) is 1. The van der Waals surface area contributed by atoms with Crippen molar-refractivity contribution < 1.29 is 4.79 Å². The Labute approximate surface area is 94.8 Å². The van der Waals surface area contributed by atoms with Gasteiger partial charge < -0.3 is 4.90 Å². The Hall–Kier alpha value is -1.02. The fraction of sp³-hybridized carbons (Fsp3) is 0.417. The van der Waals surface area contributed by atoms with Crippen LogP contribution in [0.4, 0.5) is 5.69 Å². The first-order valence-corrected chi connectivity index (χ1v) is 5.57. The monoisotopic (exact) mass is 223 g/mol. The zero-order valence-electron chi connectivity index (χ0n) is 8.79. The molecular formula is C12H14ClNO. The number of carbonyl (C=O) groups is 1. The topological polar surface area (TPSA) is 20.3 Å². The van der Waals surface area contributed by atoms with E-state index in [1.165, 1.54) is 0 Å². The van der Waals surface area contributed by atoms with Crippen LogP contribution < -0.4 is 4.90 Å². The van der Waals surface area contributed by atoms with Gasteiger partial charge in [-0.2, -0.15) is 0 Å². The number of carbonyl (C=O) groups excluding carboxylic acids is 1. The van der Waals surface area contributed by atoms with Gasteiger partial charge in [0.25, 0.3) is 0 Å². The minimum Gasteiger partial charge on any atom is -0.364 e. The Morgan fingerprint density at radius 3 is 2.87 bits per heavy atom. The Morgan fingerprint density at radius 1 is 1.40 bits per heavy atom. The van der Waals surface area contributed by atoms with Crippen LogP contribution in [0.5, 0.6) is 0 Å². The van der Waals surface area contributed by atoms with Gasteiger partial charge in [0, 0.05) is 23.7 Å². The smallest absolute Gasteiger partial charge is 0.152 e. The second-order valence-electron chi connectivity index (χ2n) is 3.99. The molecule has 0 spiro atoms. The number of anilines is 1. The summed E-state index contributed by atoms with van der Waals surface area (Å²) in [5.41, 5.74) is 2.27. The fourth-order valence-corrected chi connectivity index (χ4v) is 2.24. The fourth-order valence-electron chi connectivity index (χ4n) is 2.02. The summed E-state index contributed by atoms with van der Waals surface area (Å²) in [6.07, 6.45) is 1.68. The van der Waals surface area contributed by atoms with Crippen molar-refractivity contribution >= 4 is 23.1 Å². The number of nitrogens with zero attached hydrogens (tertiary/aromatic N) is 1. The summed E-state index contributed by atoms with van der Waals surface area (Å²) in [5.74, 6) is 0.329. The number of rotatable bonds is 1. The second kappa shape index (κ2) is 4.23. The van der Waals surface area contributed by atoms with Gasteiger partial charge in [0.05, 0.1) is 6.54 Å². The van der Waals surface area contributed by atoms with Crippen molar-refractivity contribution in [2.45, 2.75) is 19.8 Å². The minimum absolute atomic E-state index is 0.329. The largest absolute Gasteiger partial charge is 0.364 e. The summed E-state index contributed by atoms with van der Waals surface area (Å²) >= 11 is 5.90. The van der Waals surface area contributed by atoms with E-state index in [1.807, 2.05) is 25.1 Å². The van der Waals surface area contributed by atoms with Crippen LogP contribution in [0, 0.1) is 6.92 Å². The van der Waals surface area contributed by atoms with Gasteiger partial charge in [-0.05, 0) is 37.1 Å². The number of benzene rings is 1. The molecule has 80 valence electrons. The number of hydrogen-bond acceptors (Lipinski definition) is 2. The quantitative estimate of drug-likeness (QED) is 0.730. The van der Waals surface area contributed by atoms with E-state index in [2.05, 4.69) is 4.90 Å². The van der Waals surface area contributed by atoms with Gasteiger partial charge in [-0.1, -0.05) is 11.6 Å². The average molecular weight is 224 g/mol. The van der Waals surface area contributed by atoms with Gasteiger partial charge in [0.15, 0.2) is 5.78 Å². The van der Waals surface area contributed by atoms with Crippen molar-refractivity contribution in [2.24, 2.45) is 0 Å². The molecule has 0 N–H and O–H groups in total. The van der Waals surface area contributed by atoms with Crippen LogP contribution in [0.15, 0.2) is 18.2 Å². The molecule has 1 saturated heterocycles. The van der Waals surface area contributed by atoms with Crippen molar-refractivity contribution in [3.63, 3.8) is 0 Å². The third kappa shape index (κ3) is 2.32. The van der Waals surface area contributed by atoms with E-state index >= 15 is 0 Å². The molecule has 2 rings (SSSR count). The number of ketones is 1. The molecule has 1 fully saturated rings. The summed E-state index contributed by atoms with van der Waals surface area (Å²) in [4.78, 5) is 13.5. The van der Waals surface area contributed by atoms with Gasteiger partial charge in [0.1, 0.15) is 0 Å². The van der Waals surface area contributed by atoms with Crippen molar-refractivity contribution in [3.05, 3.63) is 28.8 Å². The molecule has 15 heavy (non-hydrogen) atoms. The summed E-state index contributed by atoms with van der Waals surface area (Å²) in [5, 5.41) is 0.750. The molecule has 0 unspecified atom stereocenters. The average Bonchev–Trinajstić information content (AvgIpc) is 2.17. The lowest BCUT2D eigenvalue weighted by Gasteiger charge is -2.29. The van der Waals surface area contributed by atoms with E-state index in [0.29, 0.717) is 12.3 Å². The van der Waals surface area contributed by atoms with Crippen LogP contribution in [0.25, 0.3) is 0 Å². The molecular weight excluding hydrogens is 210 g/mol. The van der Waals surface area contributed by atoms with Crippen LogP contribution in [-0.4, -0.2) is 18.9 Å². The molecule has 0 aliphatic carbocycles. The highest BCUT2D eigenvalue weighted by Crippen LogP contribution is 2.25. The van der Waals surface area contributed by atoms with E-state index in [0.717, 1.165) is 35.7 Å². The molecule has 0 saturated carbocycles. The normalized spacial score (nSPS) is 16.9. The first-order valence-electron chi connectivity index (χ1n) is 5.19. The van der Waals surface area contributed by atoms with Crippen molar-refractivity contribution in [1.82, 2.24) is 0 Å². The Kier molecular flexibility index (Phi) is 2.96. The first kappa shape index (κ1) is 10.5. The van der Waals surface area contributed by atoms with Gasteiger partial charge in [-0.15, -0.1) is 0 Å². The maximum Gasteiger partial charge on any atom is 0.152 e. The predicted molar refractivity (Wildman–Crippen MR) is 62.6 cm³/mol. The van der Waals surface area contributed by atoms with E-state index < -0.39 is 0 Å². The van der Waals surface area contributed by atoms with Gasteiger partial charge in [-0.3, -0.25) is 4.79 Å². The molecule has 1 aliphatic heterocycles. The lowest BCUT2D eigenvalue weighted by atomic mass is 10.1. The number of piperidine rings is 1. The van der Waals surface area contributed by atoms with Crippen molar-refractivity contribution in [2.75, 3.05) is 18.0 Å². The second-order valence-corrected chi connectivity index (χ2v) is 4.43. The van der Waals surface area contributed by atoms with E-state index in [1.54, 1.807) is 0 Å². The first-order chi connectivity index (χ1) is 7.16. The van der Waals surface area contributed by atoms with Crippen LogP contribution in [0.1, 0.15) is 18.4 Å². The Bertz CT molecular complexity index is 389. The highest BCUT2D eigenvalue weighted by Gasteiger charge is 2.18. The summed E-state index contributed by atoms with van der Waals surface area (Å²) in [6.45, 7) is 3.54. The van der Waals surface area contributed by atoms with E-state index in [4.69, 9.17) is 11.6 Å². The highest BCUT2D eigenvalue weighted by molar-refractivity contribution is 6.30. The molecule has 0 atom stereocenters. The number of aryl methyl sites for hydroxylation is 1. The molecule has 3 heteroatoms. The zero-order valence-corrected chi connectivity index (χ0v) is 9.55. The van der Waals surface area contributed by atoms with Crippen LogP contribution in [0.3, 0.4) is 0 Å². The summed E-state index contributed by atoms with van der Waals surface area (Å²) in [7, 11) is 0. The standard InChI is InChI=1S/C12H14ClNO/c1-9-7-10(13)4-5-12(9)14-6-2-3-11(15)8-14/h4-5,7H,2-3,6,8H2,1H3. The van der Waals surface area contributed by atoms with Crippen LogP contribution >= 0.6 is 11.6 Å². The maximum absolute atomic E-state index is 11.4. The predicted octanol–water partition coefficient (Wildman–Crippen LogP) is 2.82. The molecule has 0 amide bonds. The molecule has 0 radical (unpaired) electrons. The molecule has 0 aromatic heterocycles. The molecule has 1 heterocycles. The Morgan fingerprint density at radius 2 is 2.20 bits per heavy atom. The lowest BCUT2D eigenvalue weighted by molar-refractivity contribution is -0.118. The Balaban J connectivity index is 2.24. The lowest BCUT2D eigenvalue weighted by Crippen LogP contribution is -2.35. The molecule has 0 bridgehead atoms. The van der Waals surface area contributed by atoms with Crippen molar-refractivity contribution in [3.8, 4) is 0 Å². The van der Waals surface area contributed by atoms with Gasteiger partial charge >= 0.3 is 0 Å². The zero-order chi connectivity index (χ0) is 10.8. The molecule has 1 aromatic carbocycles. The van der Waals surface area contributed by atoms with Crippen LogP contribution in [0.2, 0.25) is 5.02 Å². The summed E-state index contributed by atoms with van der Waals surface area (Å²) in [6, 6.07) is 5.81. The maximum atomic E-state index is 11.4. The third-order valence-electron chi connectivity index (χ3n) is 2.75. The van der Waals surface area contributed by atoms with Crippen LogP contribution in [-0.2, 0) is 4.79 Å².